The Balaban J connectivity index is 1.55. The average Bonchev–Trinajstić information content (AvgIpc) is 3.25. The van der Waals surface area contributed by atoms with Gasteiger partial charge in [0.05, 0.1) is 17.7 Å². The molecule has 0 radical (unpaired) electrons. The maximum absolute atomic E-state index is 11.9. The van der Waals surface area contributed by atoms with Crippen LogP contribution < -0.4 is 10.6 Å². The molecule has 3 rings (SSSR count). The molecule has 3 aromatic rings. The average molecular weight is 342 g/mol. The first-order chi connectivity index (χ1) is 11.6. The third-order valence-electron chi connectivity index (χ3n) is 3.57. The number of carbonyl (C=O) groups excluding carboxylic acids is 1. The summed E-state index contributed by atoms with van der Waals surface area (Å²) in [6.45, 7) is 2.06. The number of furan rings is 1. The van der Waals surface area contributed by atoms with Crippen LogP contribution in [0.2, 0.25) is 0 Å². The molecule has 0 bridgehead atoms. The summed E-state index contributed by atoms with van der Waals surface area (Å²) in [7, 11) is 0. The van der Waals surface area contributed by atoms with Crippen molar-refractivity contribution in [2.24, 2.45) is 0 Å². The van der Waals surface area contributed by atoms with Crippen molar-refractivity contribution in [3.05, 3.63) is 65.2 Å². The minimum Gasteiger partial charge on any atom is -0.464 e. The van der Waals surface area contributed by atoms with E-state index in [2.05, 4.69) is 10.6 Å². The molecule has 0 aliphatic carbocycles. The van der Waals surface area contributed by atoms with Gasteiger partial charge in [0.2, 0.25) is 0 Å². The number of nitrogens with one attached hydrogen (secondary N) is 2. The monoisotopic (exact) mass is 342 g/mol. The van der Waals surface area contributed by atoms with Gasteiger partial charge in [-0.05, 0) is 42.8 Å². The predicted molar refractivity (Wildman–Crippen MR) is 95.2 cm³/mol. The maximum atomic E-state index is 11.9. The van der Waals surface area contributed by atoms with Crippen LogP contribution in [-0.2, 0) is 0 Å². The van der Waals surface area contributed by atoms with Gasteiger partial charge in [0, 0.05) is 10.6 Å². The van der Waals surface area contributed by atoms with Gasteiger partial charge in [0.15, 0.2) is 0 Å². The van der Waals surface area contributed by atoms with Crippen molar-refractivity contribution in [2.75, 3.05) is 11.9 Å². The Bertz CT molecular complexity index is 811. The molecule has 0 aliphatic rings. The number of anilines is 1. The molecule has 0 saturated heterocycles. The lowest BCUT2D eigenvalue weighted by Gasteiger charge is -2.12. The molecule has 1 aromatic carbocycles. The molecular weight excluding hydrogens is 324 g/mol. The molecule has 1 unspecified atom stereocenters. The molecule has 3 N–H and O–H groups in total. The van der Waals surface area contributed by atoms with Gasteiger partial charge in [0.1, 0.15) is 11.9 Å². The number of aliphatic hydroxyl groups is 1. The number of para-hydroxylation sites is 1. The van der Waals surface area contributed by atoms with Crippen molar-refractivity contribution >= 4 is 23.1 Å². The van der Waals surface area contributed by atoms with Crippen LogP contribution in [0, 0.1) is 6.92 Å². The van der Waals surface area contributed by atoms with E-state index < -0.39 is 6.10 Å². The summed E-state index contributed by atoms with van der Waals surface area (Å²) < 4.78 is 5.34. The number of carbonyl (C=O) groups is 1. The Kier molecular flexibility index (Phi) is 4.98. The van der Waals surface area contributed by atoms with Gasteiger partial charge < -0.3 is 20.2 Å². The Morgan fingerprint density at radius 2 is 2.04 bits per heavy atom. The molecule has 0 saturated carbocycles. The highest BCUT2D eigenvalue weighted by molar-refractivity contribution is 7.15. The minimum atomic E-state index is -0.763. The van der Waals surface area contributed by atoms with Crippen molar-refractivity contribution < 1.29 is 14.3 Å². The molecule has 0 aliphatic heterocycles. The molecule has 5 nitrogen and oxygen atoms in total. The lowest BCUT2D eigenvalue weighted by atomic mass is 10.2. The second-order valence-corrected chi connectivity index (χ2v) is 6.46. The molecule has 124 valence electrons. The zero-order chi connectivity index (χ0) is 16.9. The lowest BCUT2D eigenvalue weighted by molar-refractivity contribution is 0.178. The van der Waals surface area contributed by atoms with Gasteiger partial charge in [-0.2, -0.15) is 0 Å². The standard InChI is InChI=1S/C18H18N2O3S/c1-12-5-2-3-6-13(12)20-18(22)19-11-14(21)16-8-9-17(24-16)15-7-4-10-23-15/h2-10,14,21H,11H2,1H3,(H2,19,20,22). The van der Waals surface area contributed by atoms with Crippen LogP contribution in [-0.4, -0.2) is 17.7 Å². The van der Waals surface area contributed by atoms with Crippen LogP contribution >= 0.6 is 11.3 Å². The van der Waals surface area contributed by atoms with E-state index in [0.29, 0.717) is 0 Å². The fraction of sp³-hybridized carbons (Fsp3) is 0.167. The number of aryl methyl sites for hydroxylation is 1. The number of aliphatic hydroxyl groups excluding tert-OH is 1. The van der Waals surface area contributed by atoms with E-state index in [1.165, 1.54) is 11.3 Å². The zero-order valence-corrected chi connectivity index (χ0v) is 14.0. The second-order valence-electron chi connectivity index (χ2n) is 5.35. The first-order valence-corrected chi connectivity index (χ1v) is 8.37. The summed E-state index contributed by atoms with van der Waals surface area (Å²) in [6.07, 6.45) is 0.851. The number of benzene rings is 1. The number of rotatable bonds is 5. The normalized spacial score (nSPS) is 11.9. The Hall–Kier alpha value is -2.57. The maximum Gasteiger partial charge on any atom is 0.319 e. The van der Waals surface area contributed by atoms with Gasteiger partial charge in [-0.1, -0.05) is 18.2 Å². The topological polar surface area (TPSA) is 74.5 Å². The van der Waals surface area contributed by atoms with E-state index in [-0.39, 0.29) is 12.6 Å². The van der Waals surface area contributed by atoms with Crippen molar-refractivity contribution in [1.82, 2.24) is 5.32 Å². The minimum absolute atomic E-state index is 0.135. The molecule has 2 amide bonds. The Morgan fingerprint density at radius 1 is 1.21 bits per heavy atom. The first-order valence-electron chi connectivity index (χ1n) is 7.55. The van der Waals surface area contributed by atoms with Crippen LogP contribution in [0.3, 0.4) is 0 Å². The second kappa shape index (κ2) is 7.33. The smallest absolute Gasteiger partial charge is 0.319 e. The Morgan fingerprint density at radius 3 is 2.79 bits per heavy atom. The molecule has 2 aromatic heterocycles. The van der Waals surface area contributed by atoms with Crippen LogP contribution in [0.5, 0.6) is 0 Å². The van der Waals surface area contributed by atoms with Crippen molar-refractivity contribution in [2.45, 2.75) is 13.0 Å². The molecule has 6 heteroatoms. The number of hydrogen-bond donors (Lipinski definition) is 3. The van der Waals surface area contributed by atoms with Gasteiger partial charge in [-0.15, -0.1) is 11.3 Å². The summed E-state index contributed by atoms with van der Waals surface area (Å²) in [6, 6.07) is 14.6. The zero-order valence-electron chi connectivity index (χ0n) is 13.2. The van der Waals surface area contributed by atoms with Crippen molar-refractivity contribution in [1.29, 1.82) is 0 Å². The SMILES string of the molecule is Cc1ccccc1NC(=O)NCC(O)c1ccc(-c2ccco2)s1. The van der Waals surface area contributed by atoms with Crippen molar-refractivity contribution in [3.63, 3.8) is 0 Å². The number of thiophene rings is 1. The first kappa shape index (κ1) is 16.3. The van der Waals surface area contributed by atoms with Crippen LogP contribution in [0.1, 0.15) is 16.5 Å². The fourth-order valence-electron chi connectivity index (χ4n) is 2.25. The largest absolute Gasteiger partial charge is 0.464 e. The van der Waals surface area contributed by atoms with E-state index in [1.54, 1.807) is 6.26 Å². The molecule has 1 atom stereocenters. The highest BCUT2D eigenvalue weighted by Crippen LogP contribution is 2.31. The molecule has 0 spiro atoms. The van der Waals surface area contributed by atoms with Gasteiger partial charge in [0.25, 0.3) is 0 Å². The third kappa shape index (κ3) is 3.84. The Labute approximate surface area is 143 Å². The molecule has 24 heavy (non-hydrogen) atoms. The van der Waals surface area contributed by atoms with Crippen LogP contribution in [0.25, 0.3) is 10.6 Å². The molecular formula is C18H18N2O3S. The highest BCUT2D eigenvalue weighted by atomic mass is 32.1. The summed E-state index contributed by atoms with van der Waals surface area (Å²) in [4.78, 5) is 13.7. The summed E-state index contributed by atoms with van der Waals surface area (Å²) in [5, 5.41) is 15.7. The van der Waals surface area contributed by atoms with E-state index >= 15 is 0 Å². The number of urea groups is 1. The predicted octanol–water partition coefficient (Wildman–Crippen LogP) is 4.17. The van der Waals surface area contributed by atoms with Crippen LogP contribution in [0.4, 0.5) is 10.5 Å². The van der Waals surface area contributed by atoms with E-state index in [0.717, 1.165) is 26.8 Å². The third-order valence-corrected chi connectivity index (χ3v) is 4.77. The molecule has 2 heterocycles. The van der Waals surface area contributed by atoms with Crippen LogP contribution in [0.15, 0.2) is 59.2 Å². The highest BCUT2D eigenvalue weighted by Gasteiger charge is 2.14. The fourth-order valence-corrected chi connectivity index (χ4v) is 3.21. The van der Waals surface area contributed by atoms with Gasteiger partial charge in [-0.25, -0.2) is 4.79 Å². The van der Waals surface area contributed by atoms with E-state index in [4.69, 9.17) is 4.42 Å². The van der Waals surface area contributed by atoms with Gasteiger partial charge in [-0.3, -0.25) is 0 Å². The van der Waals surface area contributed by atoms with E-state index in [9.17, 15) is 9.90 Å². The summed E-state index contributed by atoms with van der Waals surface area (Å²) >= 11 is 1.44. The quantitative estimate of drug-likeness (QED) is 0.651. The van der Waals surface area contributed by atoms with Gasteiger partial charge >= 0.3 is 6.03 Å². The van der Waals surface area contributed by atoms with E-state index in [1.807, 2.05) is 55.5 Å². The molecule has 0 fully saturated rings. The van der Waals surface area contributed by atoms with Crippen molar-refractivity contribution in [3.8, 4) is 10.6 Å². The summed E-state index contributed by atoms with van der Waals surface area (Å²) in [5.74, 6) is 0.767. The number of hydrogen-bond acceptors (Lipinski definition) is 4. The number of amides is 2. The lowest BCUT2D eigenvalue weighted by Crippen LogP contribution is -2.32. The summed E-state index contributed by atoms with van der Waals surface area (Å²) in [5.41, 5.74) is 1.73.